The molecule has 0 amide bonds. The molecule has 0 unspecified atom stereocenters. The summed E-state index contributed by atoms with van der Waals surface area (Å²) in [4.78, 5) is 11.4. The zero-order chi connectivity index (χ0) is 11.3. The van der Waals surface area contributed by atoms with E-state index in [9.17, 15) is 9.18 Å². The lowest BCUT2D eigenvalue weighted by Gasteiger charge is -2.04. The Kier molecular flexibility index (Phi) is 4.75. The molecule has 0 spiro atoms. The van der Waals surface area contributed by atoms with Crippen molar-refractivity contribution in [1.82, 2.24) is 0 Å². The summed E-state index contributed by atoms with van der Waals surface area (Å²) in [5.41, 5.74) is 0.361. The van der Waals surface area contributed by atoms with Crippen LogP contribution in [0.15, 0.2) is 22.7 Å². The number of esters is 1. The quantitative estimate of drug-likeness (QED) is 0.620. The second kappa shape index (κ2) is 5.85. The lowest BCUT2D eigenvalue weighted by molar-refractivity contribution is 0.0499. The van der Waals surface area contributed by atoms with Crippen LogP contribution < -0.4 is 0 Å². The highest BCUT2D eigenvalue weighted by Gasteiger charge is 2.09. The van der Waals surface area contributed by atoms with Crippen LogP contribution in [0.3, 0.4) is 0 Å². The number of benzene rings is 1. The molecule has 0 saturated heterocycles. The summed E-state index contributed by atoms with van der Waals surface area (Å²) < 4.78 is 18.1. The van der Waals surface area contributed by atoms with Gasteiger partial charge in [-0.1, -0.05) is 13.3 Å². The van der Waals surface area contributed by atoms with Crippen LogP contribution in [0.5, 0.6) is 0 Å². The summed E-state index contributed by atoms with van der Waals surface area (Å²) in [5.74, 6) is -0.802. The molecule has 1 aromatic carbocycles. The smallest absolute Gasteiger partial charge is 0.338 e. The molecule has 1 aromatic rings. The molecule has 0 aliphatic carbocycles. The molecule has 0 aliphatic heterocycles. The van der Waals surface area contributed by atoms with Gasteiger partial charge in [-0.15, -0.1) is 0 Å². The number of halogens is 2. The lowest BCUT2D eigenvalue weighted by Crippen LogP contribution is -2.06. The first-order valence-electron chi connectivity index (χ1n) is 4.77. The highest BCUT2D eigenvalue weighted by Crippen LogP contribution is 2.17. The topological polar surface area (TPSA) is 26.3 Å². The van der Waals surface area contributed by atoms with Crippen LogP contribution in [0.2, 0.25) is 0 Å². The molecule has 0 bridgehead atoms. The fraction of sp³-hybridized carbons (Fsp3) is 0.364. The van der Waals surface area contributed by atoms with Crippen molar-refractivity contribution in [2.24, 2.45) is 0 Å². The normalized spacial score (nSPS) is 10.1. The van der Waals surface area contributed by atoms with Gasteiger partial charge in [0.15, 0.2) is 0 Å². The highest BCUT2D eigenvalue weighted by molar-refractivity contribution is 9.10. The van der Waals surface area contributed by atoms with E-state index in [0.29, 0.717) is 12.2 Å². The molecule has 0 aromatic heterocycles. The summed E-state index contributed by atoms with van der Waals surface area (Å²) in [6.45, 7) is 2.42. The van der Waals surface area contributed by atoms with Gasteiger partial charge in [0.25, 0.3) is 0 Å². The third kappa shape index (κ3) is 3.63. The van der Waals surface area contributed by atoms with E-state index in [-0.39, 0.29) is 10.3 Å². The molecule has 15 heavy (non-hydrogen) atoms. The van der Waals surface area contributed by atoms with Crippen molar-refractivity contribution in [3.63, 3.8) is 0 Å². The Balaban J connectivity index is 2.62. The number of carbonyl (C=O) groups is 1. The first-order chi connectivity index (χ1) is 7.15. The Labute approximate surface area is 96.6 Å². The van der Waals surface area contributed by atoms with E-state index in [1.54, 1.807) is 0 Å². The van der Waals surface area contributed by atoms with Gasteiger partial charge in [-0.05, 0) is 40.5 Å². The minimum Gasteiger partial charge on any atom is -0.462 e. The molecule has 1 rings (SSSR count). The maximum atomic E-state index is 12.9. The third-order valence-corrected chi connectivity index (χ3v) is 2.49. The predicted octanol–water partition coefficient (Wildman–Crippen LogP) is 3.55. The van der Waals surface area contributed by atoms with Crippen LogP contribution in [0.25, 0.3) is 0 Å². The van der Waals surface area contributed by atoms with E-state index >= 15 is 0 Å². The number of ether oxygens (including phenoxy) is 1. The van der Waals surface area contributed by atoms with Crippen LogP contribution in [0.1, 0.15) is 30.1 Å². The molecular formula is C11H12BrFO2. The van der Waals surface area contributed by atoms with Crippen molar-refractivity contribution in [3.8, 4) is 0 Å². The Bertz CT molecular complexity index is 352. The molecule has 0 saturated carbocycles. The van der Waals surface area contributed by atoms with E-state index in [0.717, 1.165) is 12.8 Å². The summed E-state index contributed by atoms with van der Waals surface area (Å²) in [6, 6.07) is 4.07. The maximum absolute atomic E-state index is 12.9. The van der Waals surface area contributed by atoms with Crippen molar-refractivity contribution < 1.29 is 13.9 Å². The molecule has 2 nitrogen and oxygen atoms in total. The Morgan fingerprint density at radius 2 is 2.27 bits per heavy atom. The lowest BCUT2D eigenvalue weighted by atomic mass is 10.2. The van der Waals surface area contributed by atoms with Crippen molar-refractivity contribution in [1.29, 1.82) is 0 Å². The van der Waals surface area contributed by atoms with Gasteiger partial charge in [0.05, 0.1) is 16.6 Å². The van der Waals surface area contributed by atoms with Crippen LogP contribution >= 0.6 is 15.9 Å². The zero-order valence-electron chi connectivity index (χ0n) is 8.43. The molecular weight excluding hydrogens is 263 g/mol. The molecule has 0 aliphatic rings. The average molecular weight is 275 g/mol. The van der Waals surface area contributed by atoms with Gasteiger partial charge < -0.3 is 4.74 Å². The van der Waals surface area contributed by atoms with Crippen molar-refractivity contribution in [2.75, 3.05) is 6.61 Å². The summed E-state index contributed by atoms with van der Waals surface area (Å²) in [5, 5.41) is 0. The van der Waals surface area contributed by atoms with E-state index in [4.69, 9.17) is 4.74 Å². The summed E-state index contributed by atoms with van der Waals surface area (Å²) >= 11 is 3.01. The standard InChI is InChI=1S/C11H12BrFO2/c1-2-3-6-15-11(14)8-4-5-10(13)9(12)7-8/h4-5,7H,2-3,6H2,1H3. The van der Waals surface area contributed by atoms with Crippen molar-refractivity contribution in [2.45, 2.75) is 19.8 Å². The van der Waals surface area contributed by atoms with Gasteiger partial charge >= 0.3 is 5.97 Å². The van der Waals surface area contributed by atoms with Crippen LogP contribution in [-0.2, 0) is 4.74 Å². The monoisotopic (exact) mass is 274 g/mol. The largest absolute Gasteiger partial charge is 0.462 e. The fourth-order valence-corrected chi connectivity index (χ4v) is 1.39. The Morgan fingerprint density at radius 1 is 1.53 bits per heavy atom. The fourth-order valence-electron chi connectivity index (χ4n) is 1.02. The zero-order valence-corrected chi connectivity index (χ0v) is 10.0. The molecule has 0 atom stereocenters. The molecule has 0 N–H and O–H groups in total. The third-order valence-electron chi connectivity index (χ3n) is 1.89. The van der Waals surface area contributed by atoms with Crippen LogP contribution in [0, 0.1) is 5.82 Å². The number of unbranched alkanes of at least 4 members (excludes halogenated alkanes) is 1. The van der Waals surface area contributed by atoms with Gasteiger partial charge in [0.2, 0.25) is 0 Å². The van der Waals surface area contributed by atoms with Gasteiger partial charge in [0, 0.05) is 0 Å². The van der Waals surface area contributed by atoms with Crippen molar-refractivity contribution >= 4 is 21.9 Å². The second-order valence-electron chi connectivity index (χ2n) is 3.12. The second-order valence-corrected chi connectivity index (χ2v) is 3.97. The minimum atomic E-state index is -0.413. The Hall–Kier alpha value is -0.900. The number of hydrogen-bond donors (Lipinski definition) is 0. The minimum absolute atomic E-state index is 0.271. The molecule has 0 radical (unpaired) electrons. The van der Waals surface area contributed by atoms with E-state index in [1.807, 2.05) is 6.92 Å². The predicted molar refractivity (Wildman–Crippen MR) is 59.3 cm³/mol. The molecule has 0 fully saturated rings. The number of rotatable bonds is 4. The molecule has 4 heteroatoms. The number of carbonyl (C=O) groups excluding carboxylic acids is 1. The van der Waals surface area contributed by atoms with Gasteiger partial charge in [0.1, 0.15) is 5.82 Å². The van der Waals surface area contributed by atoms with E-state index in [2.05, 4.69) is 15.9 Å². The van der Waals surface area contributed by atoms with E-state index < -0.39 is 5.97 Å². The van der Waals surface area contributed by atoms with E-state index in [1.165, 1.54) is 18.2 Å². The molecule has 0 heterocycles. The summed E-state index contributed by atoms with van der Waals surface area (Å²) in [6.07, 6.45) is 1.81. The van der Waals surface area contributed by atoms with Crippen LogP contribution in [0.4, 0.5) is 4.39 Å². The highest BCUT2D eigenvalue weighted by atomic mass is 79.9. The summed E-state index contributed by atoms with van der Waals surface area (Å²) in [7, 11) is 0. The first-order valence-corrected chi connectivity index (χ1v) is 5.56. The van der Waals surface area contributed by atoms with Crippen LogP contribution in [-0.4, -0.2) is 12.6 Å². The number of hydrogen-bond acceptors (Lipinski definition) is 2. The van der Waals surface area contributed by atoms with Crippen molar-refractivity contribution in [3.05, 3.63) is 34.1 Å². The first kappa shape index (κ1) is 12.2. The molecule has 82 valence electrons. The van der Waals surface area contributed by atoms with Gasteiger partial charge in [-0.2, -0.15) is 0 Å². The average Bonchev–Trinajstić information content (AvgIpc) is 2.22. The maximum Gasteiger partial charge on any atom is 0.338 e. The Morgan fingerprint density at radius 3 is 2.87 bits per heavy atom. The SMILES string of the molecule is CCCCOC(=O)c1ccc(F)c(Br)c1. The van der Waals surface area contributed by atoms with Gasteiger partial charge in [-0.25, -0.2) is 9.18 Å². The van der Waals surface area contributed by atoms with Gasteiger partial charge in [-0.3, -0.25) is 0 Å².